The number of nitrogens with one attached hydrogen (secondary N) is 1. The molecule has 1 aliphatic heterocycles. The number of benzene rings is 2. The van der Waals surface area contributed by atoms with E-state index < -0.39 is 0 Å². The average molecular weight is 357 g/mol. The minimum atomic E-state index is -0.158. The van der Waals surface area contributed by atoms with Gasteiger partial charge in [0, 0.05) is 11.6 Å². The number of rotatable bonds is 8. The van der Waals surface area contributed by atoms with Crippen molar-refractivity contribution in [1.29, 1.82) is 0 Å². The Hall–Kier alpha value is -2.89. The zero-order valence-electron chi connectivity index (χ0n) is 15.0. The Bertz CT molecular complexity index is 760. The molecule has 0 saturated carbocycles. The van der Waals surface area contributed by atoms with Gasteiger partial charge in [0.2, 0.25) is 6.79 Å². The van der Waals surface area contributed by atoms with Crippen molar-refractivity contribution >= 4 is 5.91 Å². The summed E-state index contributed by atoms with van der Waals surface area (Å²) in [5.74, 6) is 3.03. The summed E-state index contributed by atoms with van der Waals surface area (Å²) in [4.78, 5) is 12.2. The summed E-state index contributed by atoms with van der Waals surface area (Å²) in [6.45, 7) is 5.76. The lowest BCUT2D eigenvalue weighted by Gasteiger charge is -2.11. The maximum absolute atomic E-state index is 12.2. The molecule has 26 heavy (non-hydrogen) atoms. The summed E-state index contributed by atoms with van der Waals surface area (Å²) in [6, 6.07) is 12.6. The van der Waals surface area contributed by atoms with E-state index in [4.69, 9.17) is 18.9 Å². The molecule has 1 heterocycles. The third-order valence-corrected chi connectivity index (χ3v) is 3.68. The number of amides is 1. The van der Waals surface area contributed by atoms with Crippen LogP contribution in [0, 0.1) is 5.92 Å². The fourth-order valence-corrected chi connectivity index (χ4v) is 2.39. The molecule has 6 heteroatoms. The number of carbonyl (C=O) groups excluding carboxylic acids is 1. The Morgan fingerprint density at radius 1 is 1.08 bits per heavy atom. The van der Waals surface area contributed by atoms with E-state index in [1.54, 1.807) is 24.3 Å². The largest absolute Gasteiger partial charge is 0.493 e. The molecule has 2 aromatic carbocycles. The van der Waals surface area contributed by atoms with Crippen molar-refractivity contribution in [1.82, 2.24) is 5.32 Å². The smallest absolute Gasteiger partial charge is 0.251 e. The van der Waals surface area contributed by atoms with Crippen molar-refractivity contribution in [2.75, 3.05) is 26.6 Å². The molecule has 0 aromatic heterocycles. The summed E-state index contributed by atoms with van der Waals surface area (Å²) < 4.78 is 21.8. The second kappa shape index (κ2) is 8.47. The molecule has 1 aliphatic rings. The molecule has 0 atom stereocenters. The van der Waals surface area contributed by atoms with Gasteiger partial charge in [-0.05, 0) is 36.2 Å². The van der Waals surface area contributed by atoms with E-state index in [0.29, 0.717) is 54.2 Å². The highest BCUT2D eigenvalue weighted by atomic mass is 16.7. The number of fused-ring (bicyclic) bond motifs is 1. The number of hydrogen-bond acceptors (Lipinski definition) is 5. The van der Waals surface area contributed by atoms with Gasteiger partial charge in [-0.15, -0.1) is 0 Å². The maximum Gasteiger partial charge on any atom is 0.251 e. The predicted molar refractivity (Wildman–Crippen MR) is 97.2 cm³/mol. The fourth-order valence-electron chi connectivity index (χ4n) is 2.39. The summed E-state index contributed by atoms with van der Waals surface area (Å²) in [5.41, 5.74) is 0.564. The fraction of sp³-hybridized carbons (Fsp3) is 0.350. The quantitative estimate of drug-likeness (QED) is 0.735. The van der Waals surface area contributed by atoms with Crippen LogP contribution in [0.5, 0.6) is 23.0 Å². The monoisotopic (exact) mass is 357 g/mol. The van der Waals surface area contributed by atoms with E-state index in [0.717, 1.165) is 0 Å². The number of hydrogen-bond donors (Lipinski definition) is 1. The summed E-state index contributed by atoms with van der Waals surface area (Å²) in [7, 11) is 0. The van der Waals surface area contributed by atoms with E-state index in [2.05, 4.69) is 19.2 Å². The van der Waals surface area contributed by atoms with Gasteiger partial charge >= 0.3 is 0 Å². The van der Waals surface area contributed by atoms with Gasteiger partial charge in [-0.3, -0.25) is 4.79 Å². The molecule has 0 saturated heterocycles. The van der Waals surface area contributed by atoms with Crippen LogP contribution < -0.4 is 24.3 Å². The molecule has 6 nitrogen and oxygen atoms in total. The summed E-state index contributed by atoms with van der Waals surface area (Å²) in [5, 5.41) is 2.84. The van der Waals surface area contributed by atoms with Crippen molar-refractivity contribution in [2.24, 2.45) is 5.92 Å². The van der Waals surface area contributed by atoms with E-state index >= 15 is 0 Å². The minimum absolute atomic E-state index is 0.158. The first-order valence-electron chi connectivity index (χ1n) is 8.65. The standard InChI is InChI=1S/C20H23NO5/c1-14(2)12-24-16-5-3-4-15(10-16)20(22)21-8-9-23-17-6-7-18-19(11-17)26-13-25-18/h3-7,10-11,14H,8-9,12-13H2,1-2H3,(H,21,22). The lowest BCUT2D eigenvalue weighted by atomic mass is 10.2. The van der Waals surface area contributed by atoms with Gasteiger partial charge in [0.1, 0.15) is 18.1 Å². The molecule has 0 spiro atoms. The molecule has 0 unspecified atom stereocenters. The molecular weight excluding hydrogens is 334 g/mol. The zero-order chi connectivity index (χ0) is 18.4. The van der Waals surface area contributed by atoms with E-state index in [9.17, 15) is 4.79 Å². The summed E-state index contributed by atoms with van der Waals surface area (Å²) in [6.07, 6.45) is 0. The molecule has 0 aliphatic carbocycles. The SMILES string of the molecule is CC(C)COc1cccc(C(=O)NCCOc2ccc3c(c2)OCO3)c1. The van der Waals surface area contributed by atoms with E-state index in [1.807, 2.05) is 18.2 Å². The topological polar surface area (TPSA) is 66.0 Å². The van der Waals surface area contributed by atoms with Crippen LogP contribution in [0.4, 0.5) is 0 Å². The molecule has 0 fully saturated rings. The van der Waals surface area contributed by atoms with Gasteiger partial charge in [0.05, 0.1) is 13.2 Å². The Labute approximate surface area is 153 Å². The lowest BCUT2D eigenvalue weighted by Crippen LogP contribution is -2.28. The molecule has 138 valence electrons. The highest BCUT2D eigenvalue weighted by Gasteiger charge is 2.13. The molecule has 1 N–H and O–H groups in total. The zero-order valence-corrected chi connectivity index (χ0v) is 15.0. The van der Waals surface area contributed by atoms with Crippen LogP contribution in [0.1, 0.15) is 24.2 Å². The lowest BCUT2D eigenvalue weighted by molar-refractivity contribution is 0.0946. The number of ether oxygens (including phenoxy) is 4. The average Bonchev–Trinajstić information content (AvgIpc) is 3.11. The molecule has 0 bridgehead atoms. The van der Waals surface area contributed by atoms with Crippen molar-refractivity contribution in [2.45, 2.75) is 13.8 Å². The summed E-state index contributed by atoms with van der Waals surface area (Å²) >= 11 is 0. The van der Waals surface area contributed by atoms with Gasteiger partial charge < -0.3 is 24.3 Å². The molecular formula is C20H23NO5. The maximum atomic E-state index is 12.2. The first-order valence-corrected chi connectivity index (χ1v) is 8.65. The van der Waals surface area contributed by atoms with Crippen molar-refractivity contribution in [3.8, 4) is 23.0 Å². The van der Waals surface area contributed by atoms with Gasteiger partial charge in [-0.25, -0.2) is 0 Å². The van der Waals surface area contributed by atoms with E-state index in [1.165, 1.54) is 0 Å². The van der Waals surface area contributed by atoms with Crippen molar-refractivity contribution in [3.63, 3.8) is 0 Å². The highest BCUT2D eigenvalue weighted by molar-refractivity contribution is 5.94. The Kier molecular flexibility index (Phi) is 5.84. The van der Waals surface area contributed by atoms with Crippen LogP contribution in [0.25, 0.3) is 0 Å². The van der Waals surface area contributed by atoms with Gasteiger partial charge in [-0.1, -0.05) is 19.9 Å². The molecule has 0 radical (unpaired) electrons. The third kappa shape index (κ3) is 4.81. The van der Waals surface area contributed by atoms with Gasteiger partial charge in [0.15, 0.2) is 11.5 Å². The number of carbonyl (C=O) groups is 1. The Balaban J connectivity index is 1.44. The first-order chi connectivity index (χ1) is 12.6. The molecule has 1 amide bonds. The van der Waals surface area contributed by atoms with Crippen LogP contribution in [0.3, 0.4) is 0 Å². The third-order valence-electron chi connectivity index (χ3n) is 3.68. The molecule has 3 rings (SSSR count). The normalized spacial score (nSPS) is 12.1. The second-order valence-electron chi connectivity index (χ2n) is 6.35. The van der Waals surface area contributed by atoms with Crippen LogP contribution in [-0.2, 0) is 0 Å². The predicted octanol–water partition coefficient (Wildman–Crippen LogP) is 3.26. The van der Waals surface area contributed by atoms with E-state index in [-0.39, 0.29) is 12.7 Å². The molecule has 2 aromatic rings. The Morgan fingerprint density at radius 3 is 2.73 bits per heavy atom. The van der Waals surface area contributed by atoms with Crippen molar-refractivity contribution < 1.29 is 23.7 Å². The van der Waals surface area contributed by atoms with Crippen molar-refractivity contribution in [3.05, 3.63) is 48.0 Å². The van der Waals surface area contributed by atoms with Gasteiger partial charge in [-0.2, -0.15) is 0 Å². The second-order valence-corrected chi connectivity index (χ2v) is 6.35. The van der Waals surface area contributed by atoms with Crippen LogP contribution in [0.2, 0.25) is 0 Å². The minimum Gasteiger partial charge on any atom is -0.493 e. The first kappa shape index (κ1) is 17.9. The van der Waals surface area contributed by atoms with Crippen LogP contribution in [-0.4, -0.2) is 32.5 Å². The Morgan fingerprint density at radius 2 is 1.88 bits per heavy atom. The van der Waals surface area contributed by atoms with Crippen LogP contribution in [0.15, 0.2) is 42.5 Å². The van der Waals surface area contributed by atoms with Gasteiger partial charge in [0.25, 0.3) is 5.91 Å². The highest BCUT2D eigenvalue weighted by Crippen LogP contribution is 2.34. The van der Waals surface area contributed by atoms with Crippen LogP contribution >= 0.6 is 0 Å².